The van der Waals surface area contributed by atoms with Crippen molar-refractivity contribution in [2.45, 2.75) is 37.8 Å². The summed E-state index contributed by atoms with van der Waals surface area (Å²) in [6.45, 7) is 2.94. The number of aliphatic hydroxyl groups excluding tert-OH is 1. The van der Waals surface area contributed by atoms with E-state index in [9.17, 15) is 4.79 Å². The molecule has 0 saturated heterocycles. The zero-order valence-electron chi connectivity index (χ0n) is 24.2. The Balaban J connectivity index is 1.53. The van der Waals surface area contributed by atoms with Crippen LogP contribution in [0.25, 0.3) is 0 Å². The smallest absolute Gasteiger partial charge is 0.252 e. The van der Waals surface area contributed by atoms with Gasteiger partial charge < -0.3 is 19.9 Å². The minimum Gasteiger partial charge on any atom is -0.494 e. The number of nitrogens with zero attached hydrogens (tertiary/aromatic N) is 1. The van der Waals surface area contributed by atoms with Crippen LogP contribution in [-0.2, 0) is 22.4 Å². The highest BCUT2D eigenvalue weighted by molar-refractivity contribution is 9.10. The van der Waals surface area contributed by atoms with Crippen LogP contribution in [0.1, 0.15) is 40.3 Å². The molecule has 0 unspecified atom stereocenters. The zero-order valence-corrected chi connectivity index (χ0v) is 27.3. The number of ether oxygens (including phenoxy) is 2. The fourth-order valence-corrected chi connectivity index (χ4v) is 5.89. The van der Waals surface area contributed by atoms with Gasteiger partial charge in [-0.25, -0.2) is 4.99 Å². The molecule has 1 aliphatic heterocycles. The Morgan fingerprint density at radius 1 is 1.00 bits per heavy atom. The third kappa shape index (κ3) is 7.64. The predicted molar refractivity (Wildman–Crippen MR) is 179 cm³/mol. The largest absolute Gasteiger partial charge is 0.494 e. The quantitative estimate of drug-likeness (QED) is 0.149. The summed E-state index contributed by atoms with van der Waals surface area (Å²) in [5, 5.41) is 13.1. The summed E-state index contributed by atoms with van der Waals surface area (Å²) in [5.74, 6) is 0.726. The number of carbonyl (C=O) groups excluding carboxylic acids is 1. The van der Waals surface area contributed by atoms with Crippen LogP contribution in [0.3, 0.4) is 0 Å². The van der Waals surface area contributed by atoms with Gasteiger partial charge >= 0.3 is 0 Å². The summed E-state index contributed by atoms with van der Waals surface area (Å²) in [5.41, 5.74) is 3.17. The lowest BCUT2D eigenvalue weighted by Crippen LogP contribution is -2.50. The number of hydrogen-bond donors (Lipinski definition) is 2. The minimum atomic E-state index is -1.37. The van der Waals surface area contributed by atoms with Crippen LogP contribution in [0.2, 0.25) is 10.0 Å². The molecule has 4 aromatic rings. The van der Waals surface area contributed by atoms with Crippen molar-refractivity contribution in [1.82, 2.24) is 5.32 Å². The highest BCUT2D eigenvalue weighted by Gasteiger charge is 2.53. The number of aryl methyl sites for hydroxylation is 1. The summed E-state index contributed by atoms with van der Waals surface area (Å²) in [7, 11) is 0. The van der Waals surface area contributed by atoms with E-state index in [0.29, 0.717) is 58.8 Å². The number of amides is 1. The molecule has 6 nitrogen and oxygen atoms in total. The van der Waals surface area contributed by atoms with E-state index >= 15 is 0 Å². The van der Waals surface area contributed by atoms with Crippen LogP contribution >= 0.6 is 39.1 Å². The normalized spacial score (nSPS) is 17.6. The van der Waals surface area contributed by atoms with Crippen LogP contribution in [0.15, 0.2) is 100 Å². The maximum absolute atomic E-state index is 14.4. The lowest BCUT2D eigenvalue weighted by Gasteiger charge is -2.31. The number of benzene rings is 4. The average molecular weight is 696 g/mol. The van der Waals surface area contributed by atoms with Crippen molar-refractivity contribution < 1.29 is 19.4 Å². The fourth-order valence-electron chi connectivity index (χ4n) is 5.12. The molecule has 44 heavy (non-hydrogen) atoms. The van der Waals surface area contributed by atoms with Crippen molar-refractivity contribution in [3.8, 4) is 5.75 Å². The molecule has 1 amide bonds. The monoisotopic (exact) mass is 694 g/mol. The second-order valence-corrected chi connectivity index (χ2v) is 12.5. The van der Waals surface area contributed by atoms with Crippen LogP contribution in [0.5, 0.6) is 5.75 Å². The van der Waals surface area contributed by atoms with Gasteiger partial charge in [-0.3, -0.25) is 4.79 Å². The van der Waals surface area contributed by atoms with Gasteiger partial charge in [-0.15, -0.1) is 0 Å². The number of aliphatic hydroxyl groups is 1. The van der Waals surface area contributed by atoms with Gasteiger partial charge in [0.15, 0.2) is 11.6 Å². The van der Waals surface area contributed by atoms with Crippen molar-refractivity contribution in [3.05, 3.63) is 133 Å². The van der Waals surface area contributed by atoms with Crippen molar-refractivity contribution in [2.24, 2.45) is 4.99 Å². The Morgan fingerprint density at radius 2 is 1.70 bits per heavy atom. The Hall–Kier alpha value is -3.36. The number of rotatable bonds is 12. The topological polar surface area (TPSA) is 80.2 Å². The molecule has 2 N–H and O–H groups in total. The molecule has 2 atom stereocenters. The van der Waals surface area contributed by atoms with Gasteiger partial charge in [0, 0.05) is 51.6 Å². The van der Waals surface area contributed by atoms with Gasteiger partial charge in [0.25, 0.3) is 5.91 Å². The van der Waals surface area contributed by atoms with E-state index < -0.39 is 11.6 Å². The molecular weight excluding hydrogens is 663 g/mol. The molecule has 0 aliphatic carbocycles. The molecule has 0 fully saturated rings. The second kappa shape index (κ2) is 14.6. The first-order valence-corrected chi connectivity index (χ1v) is 16.0. The Kier molecular flexibility index (Phi) is 10.6. The van der Waals surface area contributed by atoms with E-state index in [1.807, 2.05) is 55.5 Å². The van der Waals surface area contributed by atoms with E-state index in [-0.39, 0.29) is 18.9 Å². The third-order valence-corrected chi connectivity index (χ3v) is 8.57. The highest BCUT2D eigenvalue weighted by Crippen LogP contribution is 2.45. The summed E-state index contributed by atoms with van der Waals surface area (Å²) in [6.07, 6.45) is 0.651. The van der Waals surface area contributed by atoms with Crippen LogP contribution < -0.4 is 10.1 Å². The predicted octanol–water partition coefficient (Wildman–Crippen LogP) is 7.68. The fraction of sp³-hybridized carbons (Fsp3) is 0.257. The molecule has 0 saturated carbocycles. The first kappa shape index (κ1) is 32.0. The number of hydrogen-bond acceptors (Lipinski definition) is 5. The number of nitrogens with one attached hydrogen (secondary N) is 1. The number of aliphatic imine (C=N–C) groups is 1. The molecule has 0 radical (unpaired) electrons. The maximum Gasteiger partial charge on any atom is 0.252 e. The molecule has 4 aromatic carbocycles. The third-order valence-electron chi connectivity index (χ3n) is 7.48. The van der Waals surface area contributed by atoms with E-state index in [4.69, 9.17) is 42.8 Å². The van der Waals surface area contributed by atoms with Gasteiger partial charge in [-0.2, -0.15) is 0 Å². The molecule has 228 valence electrons. The van der Waals surface area contributed by atoms with Crippen molar-refractivity contribution in [1.29, 1.82) is 0 Å². The highest BCUT2D eigenvalue weighted by atomic mass is 79.9. The molecule has 0 aromatic heterocycles. The van der Waals surface area contributed by atoms with Crippen LogP contribution in [0.4, 0.5) is 0 Å². The molecular formula is C35H33BrCl2N2O4. The summed E-state index contributed by atoms with van der Waals surface area (Å²) in [4.78, 5) is 19.5. The molecule has 0 spiro atoms. The van der Waals surface area contributed by atoms with Crippen LogP contribution in [-0.4, -0.2) is 42.2 Å². The average Bonchev–Trinajstić information content (AvgIpc) is 3.40. The van der Waals surface area contributed by atoms with Gasteiger partial charge in [0.2, 0.25) is 5.90 Å². The Bertz CT molecular complexity index is 1610. The Morgan fingerprint density at radius 3 is 2.39 bits per heavy atom. The van der Waals surface area contributed by atoms with Crippen molar-refractivity contribution >= 4 is 50.9 Å². The van der Waals surface area contributed by atoms with Gasteiger partial charge in [-0.05, 0) is 73.0 Å². The maximum atomic E-state index is 14.4. The van der Waals surface area contributed by atoms with E-state index in [2.05, 4.69) is 45.5 Å². The van der Waals surface area contributed by atoms with E-state index in [0.717, 1.165) is 15.6 Å². The molecule has 9 heteroatoms. The SMILES string of the molecule is Cc1ccc(CCNC(=O)[C@]2(Cc3ccc(Br)cc3)N=C(c3ccc(OCCCO)cc3)O[C@@H]2c2ccc(Cl)cc2Cl)cc1. The van der Waals surface area contributed by atoms with Crippen molar-refractivity contribution in [2.75, 3.05) is 19.8 Å². The summed E-state index contributed by atoms with van der Waals surface area (Å²) < 4.78 is 13.2. The van der Waals surface area contributed by atoms with Gasteiger partial charge in [0.05, 0.1) is 6.61 Å². The molecule has 1 aliphatic rings. The first-order valence-electron chi connectivity index (χ1n) is 14.4. The van der Waals surface area contributed by atoms with Crippen LogP contribution in [0, 0.1) is 6.92 Å². The molecule has 5 rings (SSSR count). The van der Waals surface area contributed by atoms with E-state index in [1.165, 1.54) is 5.56 Å². The standard InChI is InChI=1S/C35H33BrCl2N2O4/c1-23-3-5-24(6-4-23)17-18-39-34(42)35(22-25-7-11-27(36)12-8-25)32(30-16-13-28(37)21-31(30)38)44-33(40-35)26-9-14-29(15-10-26)43-20-2-19-41/h3-16,21,32,41H,2,17-20,22H2,1H3,(H,39,42)/t32-,35-/m1/s1. The summed E-state index contributed by atoms with van der Waals surface area (Å²) >= 11 is 16.5. The zero-order chi connectivity index (χ0) is 31.1. The van der Waals surface area contributed by atoms with Gasteiger partial charge in [0.1, 0.15) is 5.75 Å². The lowest BCUT2D eigenvalue weighted by atomic mass is 9.82. The Labute approximate surface area is 276 Å². The second-order valence-electron chi connectivity index (χ2n) is 10.7. The molecule has 1 heterocycles. The summed E-state index contributed by atoms with van der Waals surface area (Å²) in [6, 6.07) is 28.6. The van der Waals surface area contributed by atoms with E-state index in [1.54, 1.807) is 18.2 Å². The number of carbonyl (C=O) groups is 1. The molecule has 0 bridgehead atoms. The first-order chi connectivity index (χ1) is 21.3. The van der Waals surface area contributed by atoms with Crippen molar-refractivity contribution in [3.63, 3.8) is 0 Å². The number of halogens is 3. The lowest BCUT2D eigenvalue weighted by molar-refractivity contribution is -0.128. The van der Waals surface area contributed by atoms with Gasteiger partial charge in [-0.1, -0.05) is 87.2 Å². The minimum absolute atomic E-state index is 0.0604.